The van der Waals surface area contributed by atoms with E-state index in [1.807, 2.05) is 17.3 Å². The van der Waals surface area contributed by atoms with Crippen LogP contribution in [0.25, 0.3) is 0 Å². The molecule has 0 bridgehead atoms. The summed E-state index contributed by atoms with van der Waals surface area (Å²) in [4.78, 5) is 22.1. The highest BCUT2D eigenvalue weighted by Crippen LogP contribution is 2.19. The van der Waals surface area contributed by atoms with Crippen molar-refractivity contribution in [1.82, 2.24) is 15.3 Å². The molecule has 3 N–H and O–H groups in total. The number of hydrogen-bond donors (Lipinski definition) is 2. The lowest BCUT2D eigenvalue weighted by molar-refractivity contribution is -0.122. The third-order valence-electron chi connectivity index (χ3n) is 3.55. The van der Waals surface area contributed by atoms with Crippen LogP contribution in [0.4, 0.5) is 5.95 Å². The summed E-state index contributed by atoms with van der Waals surface area (Å²) in [7, 11) is 0. The van der Waals surface area contributed by atoms with Crippen molar-refractivity contribution in [1.29, 1.82) is 0 Å². The van der Waals surface area contributed by atoms with Crippen LogP contribution in [0.2, 0.25) is 0 Å². The summed E-state index contributed by atoms with van der Waals surface area (Å²) in [5.41, 5.74) is 6.46. The van der Waals surface area contributed by atoms with Crippen molar-refractivity contribution in [3.8, 4) is 0 Å². The number of carbonyl (C=O) groups is 1. The van der Waals surface area contributed by atoms with Crippen LogP contribution >= 0.6 is 0 Å². The molecule has 0 aliphatic carbocycles. The van der Waals surface area contributed by atoms with Gasteiger partial charge in [0.05, 0.1) is 5.92 Å². The Balaban J connectivity index is 1.93. The molecule has 1 saturated heterocycles. The second-order valence-corrected chi connectivity index (χ2v) is 5.26. The Labute approximate surface area is 119 Å². The minimum atomic E-state index is -0.227. The Bertz CT molecular complexity index is 434. The Morgan fingerprint density at radius 1 is 1.50 bits per heavy atom. The van der Waals surface area contributed by atoms with E-state index in [0.29, 0.717) is 12.5 Å². The van der Waals surface area contributed by atoms with Crippen LogP contribution < -0.4 is 16.0 Å². The molecule has 0 radical (unpaired) electrons. The van der Waals surface area contributed by atoms with Crippen molar-refractivity contribution < 1.29 is 4.79 Å². The maximum atomic E-state index is 11.3. The predicted molar refractivity (Wildman–Crippen MR) is 78.2 cm³/mol. The smallest absolute Gasteiger partial charge is 0.225 e. The molecule has 2 heterocycles. The normalized spacial score (nSPS) is 19.1. The van der Waals surface area contributed by atoms with Gasteiger partial charge in [0, 0.05) is 37.6 Å². The fourth-order valence-electron chi connectivity index (χ4n) is 2.40. The Hall–Kier alpha value is -1.69. The summed E-state index contributed by atoms with van der Waals surface area (Å²) in [5.74, 6) is 0.378. The summed E-state index contributed by atoms with van der Waals surface area (Å²) < 4.78 is 0. The first-order valence-corrected chi connectivity index (χ1v) is 7.26. The van der Waals surface area contributed by atoms with E-state index in [4.69, 9.17) is 5.73 Å². The van der Waals surface area contributed by atoms with Crippen LogP contribution in [0.1, 0.15) is 31.7 Å². The molecule has 1 aliphatic heterocycles. The molecule has 0 aromatic carbocycles. The number of amides is 1. The van der Waals surface area contributed by atoms with Crippen LogP contribution in [0.5, 0.6) is 0 Å². The maximum Gasteiger partial charge on any atom is 0.225 e. The molecule has 1 atom stereocenters. The minimum absolute atomic E-state index is 0.0850. The number of anilines is 1. The summed E-state index contributed by atoms with van der Waals surface area (Å²) in [6.45, 7) is 5.43. The summed E-state index contributed by atoms with van der Waals surface area (Å²) in [6, 6.07) is 0. The number of rotatable bonds is 6. The summed E-state index contributed by atoms with van der Waals surface area (Å²) >= 11 is 0. The molecule has 1 amide bonds. The maximum absolute atomic E-state index is 11.3. The van der Waals surface area contributed by atoms with E-state index in [0.717, 1.165) is 44.5 Å². The van der Waals surface area contributed by atoms with Crippen LogP contribution in [-0.2, 0) is 11.3 Å². The van der Waals surface area contributed by atoms with Crippen molar-refractivity contribution in [2.45, 2.75) is 32.7 Å². The zero-order chi connectivity index (χ0) is 14.4. The van der Waals surface area contributed by atoms with Gasteiger partial charge in [0.25, 0.3) is 0 Å². The van der Waals surface area contributed by atoms with E-state index in [1.54, 1.807) is 0 Å². The van der Waals surface area contributed by atoms with E-state index in [-0.39, 0.29) is 11.8 Å². The fourth-order valence-corrected chi connectivity index (χ4v) is 2.40. The second-order valence-electron chi connectivity index (χ2n) is 5.26. The highest BCUT2D eigenvalue weighted by atomic mass is 16.1. The predicted octanol–water partition coefficient (Wildman–Crippen LogP) is 0.678. The number of nitrogens with zero attached hydrogens (tertiary/aromatic N) is 3. The number of hydrogen-bond acceptors (Lipinski definition) is 5. The fraction of sp³-hybridized carbons (Fsp3) is 0.643. The lowest BCUT2D eigenvalue weighted by Crippen LogP contribution is -2.41. The van der Waals surface area contributed by atoms with Gasteiger partial charge in [0.2, 0.25) is 11.9 Å². The lowest BCUT2D eigenvalue weighted by Gasteiger charge is -2.31. The van der Waals surface area contributed by atoms with Gasteiger partial charge in [-0.3, -0.25) is 4.79 Å². The Morgan fingerprint density at radius 2 is 2.25 bits per heavy atom. The number of piperidine rings is 1. The molecule has 1 aromatic heterocycles. The third kappa shape index (κ3) is 3.90. The number of nitrogens with two attached hydrogens (primary N) is 1. The zero-order valence-electron chi connectivity index (χ0n) is 12.0. The molecule has 110 valence electrons. The van der Waals surface area contributed by atoms with Gasteiger partial charge in [-0.15, -0.1) is 0 Å². The molecule has 0 spiro atoms. The van der Waals surface area contributed by atoms with E-state index < -0.39 is 0 Å². The molecule has 0 saturated carbocycles. The topological polar surface area (TPSA) is 84.1 Å². The van der Waals surface area contributed by atoms with E-state index in [1.165, 1.54) is 0 Å². The van der Waals surface area contributed by atoms with E-state index in [9.17, 15) is 4.79 Å². The highest BCUT2D eigenvalue weighted by molar-refractivity contribution is 5.77. The number of aromatic nitrogens is 2. The van der Waals surface area contributed by atoms with Crippen molar-refractivity contribution >= 4 is 11.9 Å². The van der Waals surface area contributed by atoms with Crippen LogP contribution in [0, 0.1) is 5.92 Å². The van der Waals surface area contributed by atoms with Crippen LogP contribution in [0.3, 0.4) is 0 Å². The molecular formula is C14H23N5O. The first-order chi connectivity index (χ1) is 9.70. The largest absolute Gasteiger partial charge is 0.369 e. The van der Waals surface area contributed by atoms with Crippen molar-refractivity contribution in [2.75, 3.05) is 24.5 Å². The van der Waals surface area contributed by atoms with Crippen molar-refractivity contribution in [3.05, 3.63) is 18.0 Å². The summed E-state index contributed by atoms with van der Waals surface area (Å²) in [5, 5.41) is 3.32. The first kappa shape index (κ1) is 14.7. The molecule has 1 fully saturated rings. The van der Waals surface area contributed by atoms with Gasteiger partial charge < -0.3 is 16.0 Å². The quantitative estimate of drug-likeness (QED) is 0.747. The monoisotopic (exact) mass is 277 g/mol. The zero-order valence-corrected chi connectivity index (χ0v) is 12.0. The Morgan fingerprint density at radius 3 is 2.90 bits per heavy atom. The molecule has 6 heteroatoms. The molecule has 20 heavy (non-hydrogen) atoms. The number of carbonyl (C=O) groups excluding carboxylic acids is 1. The SMILES string of the molecule is CCCNCc1cnc(N2CCCC(C(N)=O)C2)nc1. The highest BCUT2D eigenvalue weighted by Gasteiger charge is 2.25. The number of primary amides is 1. The van der Waals surface area contributed by atoms with Gasteiger partial charge in [-0.1, -0.05) is 6.92 Å². The van der Waals surface area contributed by atoms with Gasteiger partial charge >= 0.3 is 0 Å². The molecule has 6 nitrogen and oxygen atoms in total. The lowest BCUT2D eigenvalue weighted by atomic mass is 9.98. The average Bonchev–Trinajstić information content (AvgIpc) is 2.48. The average molecular weight is 277 g/mol. The second kappa shape index (κ2) is 7.19. The molecule has 1 aliphatic rings. The van der Waals surface area contributed by atoms with Crippen LogP contribution in [0.15, 0.2) is 12.4 Å². The van der Waals surface area contributed by atoms with Crippen LogP contribution in [-0.4, -0.2) is 35.5 Å². The van der Waals surface area contributed by atoms with Gasteiger partial charge in [0.15, 0.2) is 0 Å². The minimum Gasteiger partial charge on any atom is -0.369 e. The van der Waals surface area contributed by atoms with Gasteiger partial charge in [-0.05, 0) is 25.8 Å². The van der Waals surface area contributed by atoms with Crippen molar-refractivity contribution in [2.24, 2.45) is 11.7 Å². The summed E-state index contributed by atoms with van der Waals surface area (Å²) in [6.07, 6.45) is 6.63. The van der Waals surface area contributed by atoms with Crippen molar-refractivity contribution in [3.63, 3.8) is 0 Å². The third-order valence-corrected chi connectivity index (χ3v) is 3.55. The van der Waals surface area contributed by atoms with E-state index in [2.05, 4.69) is 22.2 Å². The first-order valence-electron chi connectivity index (χ1n) is 7.26. The molecule has 1 aromatic rings. The van der Waals surface area contributed by atoms with Gasteiger partial charge in [-0.25, -0.2) is 9.97 Å². The number of nitrogens with one attached hydrogen (secondary N) is 1. The molecule has 1 unspecified atom stereocenters. The van der Waals surface area contributed by atoms with Gasteiger partial charge in [-0.2, -0.15) is 0 Å². The molecule has 2 rings (SSSR count). The molecular weight excluding hydrogens is 254 g/mol. The Kier molecular flexibility index (Phi) is 5.29. The van der Waals surface area contributed by atoms with E-state index >= 15 is 0 Å². The standard InChI is InChI=1S/C14H23N5O/c1-2-5-16-7-11-8-17-14(18-9-11)19-6-3-4-12(10-19)13(15)20/h8-9,12,16H,2-7,10H2,1H3,(H2,15,20). The van der Waals surface area contributed by atoms with Gasteiger partial charge in [0.1, 0.15) is 0 Å².